The maximum atomic E-state index is 12.2. The van der Waals surface area contributed by atoms with Crippen molar-refractivity contribution in [3.8, 4) is 0 Å². The molecular weight excluding hydrogens is 268 g/mol. The predicted octanol–water partition coefficient (Wildman–Crippen LogP) is 2.89. The van der Waals surface area contributed by atoms with Gasteiger partial charge in [0.1, 0.15) is 0 Å². The highest BCUT2D eigenvalue weighted by Crippen LogP contribution is 2.15. The summed E-state index contributed by atoms with van der Waals surface area (Å²) in [7, 11) is 0. The maximum Gasteiger partial charge on any atom is 0.321 e. The maximum absolute atomic E-state index is 12.2. The van der Waals surface area contributed by atoms with Crippen molar-refractivity contribution in [2.24, 2.45) is 11.8 Å². The fraction of sp³-hybridized carbons (Fsp3) is 0.500. The van der Waals surface area contributed by atoms with Gasteiger partial charge in [0.25, 0.3) is 0 Å². The number of nitrogens with one attached hydrogen (secondary N) is 1. The van der Waals surface area contributed by atoms with Crippen LogP contribution in [0.3, 0.4) is 0 Å². The molecule has 21 heavy (non-hydrogen) atoms. The number of benzene rings is 1. The first kappa shape index (κ1) is 17.0. The zero-order valence-corrected chi connectivity index (χ0v) is 13.1. The summed E-state index contributed by atoms with van der Waals surface area (Å²) in [5.41, 5.74) is 1.93. The van der Waals surface area contributed by atoms with Crippen LogP contribution in [0.25, 0.3) is 0 Å². The molecule has 116 valence electrons. The number of aryl methyl sites for hydroxylation is 1. The van der Waals surface area contributed by atoms with Crippen molar-refractivity contribution >= 4 is 17.7 Å². The monoisotopic (exact) mass is 292 g/mol. The van der Waals surface area contributed by atoms with Gasteiger partial charge in [0.05, 0.1) is 5.92 Å². The van der Waals surface area contributed by atoms with Gasteiger partial charge in [0, 0.05) is 18.8 Å². The molecule has 0 aliphatic heterocycles. The molecule has 0 fully saturated rings. The van der Waals surface area contributed by atoms with Crippen LogP contribution in [0.4, 0.5) is 10.5 Å². The number of hydrogen-bond donors (Lipinski definition) is 2. The average molecular weight is 292 g/mol. The van der Waals surface area contributed by atoms with Gasteiger partial charge in [-0.1, -0.05) is 31.5 Å². The molecule has 2 N–H and O–H groups in total. The lowest BCUT2D eigenvalue weighted by atomic mass is 9.96. The van der Waals surface area contributed by atoms with Crippen LogP contribution in [-0.4, -0.2) is 30.2 Å². The molecule has 0 radical (unpaired) electrons. The molecule has 2 amide bonds. The van der Waals surface area contributed by atoms with Crippen molar-refractivity contribution in [3.63, 3.8) is 0 Å². The number of anilines is 1. The van der Waals surface area contributed by atoms with Gasteiger partial charge in [-0.05, 0) is 31.9 Å². The van der Waals surface area contributed by atoms with E-state index in [2.05, 4.69) is 5.32 Å². The summed E-state index contributed by atoms with van der Waals surface area (Å²) in [5, 5.41) is 11.9. The van der Waals surface area contributed by atoms with Crippen LogP contribution in [0.5, 0.6) is 0 Å². The number of aliphatic carboxylic acids is 1. The van der Waals surface area contributed by atoms with Gasteiger partial charge in [-0.2, -0.15) is 0 Å². The van der Waals surface area contributed by atoms with Crippen LogP contribution < -0.4 is 10.2 Å². The number of nitrogens with zero attached hydrogens (tertiary/aromatic N) is 1. The molecule has 0 aromatic heterocycles. The van der Waals surface area contributed by atoms with Crippen LogP contribution in [0.2, 0.25) is 0 Å². The molecule has 1 atom stereocenters. The smallest absolute Gasteiger partial charge is 0.321 e. The average Bonchev–Trinajstić information content (AvgIpc) is 2.41. The highest BCUT2D eigenvalue weighted by molar-refractivity contribution is 5.92. The number of carbonyl (C=O) groups is 2. The Labute approximate surface area is 126 Å². The molecule has 1 aromatic carbocycles. The Morgan fingerprint density at radius 3 is 2.24 bits per heavy atom. The standard InChI is InChI=1S/C16H24N2O3/c1-5-18(13-8-6-12(4)7-9-13)16(21)17-10-14(11(2)3)15(19)20/h6-9,11,14H,5,10H2,1-4H3,(H,17,21)(H,19,20). The quantitative estimate of drug-likeness (QED) is 0.847. The minimum absolute atomic E-state index is 0.0303. The zero-order chi connectivity index (χ0) is 16.0. The Hall–Kier alpha value is -2.04. The fourth-order valence-electron chi connectivity index (χ4n) is 2.07. The van der Waals surface area contributed by atoms with E-state index in [1.165, 1.54) is 0 Å². The molecule has 0 spiro atoms. The molecule has 0 bridgehead atoms. The summed E-state index contributed by atoms with van der Waals surface area (Å²) >= 11 is 0. The molecule has 1 rings (SSSR count). The molecular formula is C16H24N2O3. The summed E-state index contributed by atoms with van der Waals surface area (Å²) in [6, 6.07) is 7.39. The normalized spacial score (nSPS) is 12.0. The summed E-state index contributed by atoms with van der Waals surface area (Å²) < 4.78 is 0. The number of hydrogen-bond acceptors (Lipinski definition) is 2. The van der Waals surface area contributed by atoms with Crippen LogP contribution in [-0.2, 0) is 4.79 Å². The number of rotatable bonds is 6. The van der Waals surface area contributed by atoms with Gasteiger partial charge in [0.2, 0.25) is 0 Å². The second kappa shape index (κ2) is 7.67. The number of carboxylic acid groups (broad SMARTS) is 1. The van der Waals surface area contributed by atoms with Crippen LogP contribution in [0, 0.1) is 18.8 Å². The Morgan fingerprint density at radius 1 is 1.24 bits per heavy atom. The second-order valence-electron chi connectivity index (χ2n) is 5.45. The first-order chi connectivity index (χ1) is 9.86. The third-order valence-corrected chi connectivity index (χ3v) is 3.50. The molecule has 0 saturated carbocycles. The van der Waals surface area contributed by atoms with E-state index >= 15 is 0 Å². The van der Waals surface area contributed by atoms with E-state index in [0.717, 1.165) is 11.3 Å². The third-order valence-electron chi connectivity index (χ3n) is 3.50. The molecule has 5 heteroatoms. The van der Waals surface area contributed by atoms with Gasteiger partial charge in [-0.3, -0.25) is 9.69 Å². The fourth-order valence-corrected chi connectivity index (χ4v) is 2.07. The number of carbonyl (C=O) groups excluding carboxylic acids is 1. The first-order valence-corrected chi connectivity index (χ1v) is 7.21. The predicted molar refractivity (Wildman–Crippen MR) is 83.6 cm³/mol. The molecule has 0 aliphatic carbocycles. The Bertz CT molecular complexity index is 483. The summed E-state index contributed by atoms with van der Waals surface area (Å²) in [5.74, 6) is -1.49. The molecule has 0 saturated heterocycles. The van der Waals surface area contributed by atoms with Crippen molar-refractivity contribution in [1.82, 2.24) is 5.32 Å². The second-order valence-corrected chi connectivity index (χ2v) is 5.45. The molecule has 1 aromatic rings. The van der Waals surface area contributed by atoms with Gasteiger partial charge in [0.15, 0.2) is 0 Å². The van der Waals surface area contributed by atoms with Crippen LogP contribution >= 0.6 is 0 Å². The van der Waals surface area contributed by atoms with E-state index in [1.54, 1.807) is 4.90 Å². The Kier molecular flexibility index (Phi) is 6.21. The highest BCUT2D eigenvalue weighted by Gasteiger charge is 2.23. The molecule has 0 heterocycles. The van der Waals surface area contributed by atoms with E-state index in [4.69, 9.17) is 5.11 Å². The molecule has 1 unspecified atom stereocenters. The lowest BCUT2D eigenvalue weighted by Crippen LogP contribution is -2.44. The minimum atomic E-state index is -0.885. The van der Waals surface area contributed by atoms with Crippen molar-refractivity contribution in [1.29, 1.82) is 0 Å². The SMILES string of the molecule is CCN(C(=O)NCC(C(=O)O)C(C)C)c1ccc(C)cc1. The lowest BCUT2D eigenvalue weighted by Gasteiger charge is -2.23. The van der Waals surface area contributed by atoms with Crippen molar-refractivity contribution in [2.75, 3.05) is 18.0 Å². The minimum Gasteiger partial charge on any atom is -0.481 e. The summed E-state index contributed by atoms with van der Waals surface area (Å²) in [6.07, 6.45) is 0. The zero-order valence-electron chi connectivity index (χ0n) is 13.1. The Morgan fingerprint density at radius 2 is 1.81 bits per heavy atom. The topological polar surface area (TPSA) is 69.6 Å². The largest absolute Gasteiger partial charge is 0.481 e. The van der Waals surface area contributed by atoms with Crippen molar-refractivity contribution < 1.29 is 14.7 Å². The van der Waals surface area contributed by atoms with Crippen molar-refractivity contribution in [3.05, 3.63) is 29.8 Å². The van der Waals surface area contributed by atoms with Gasteiger partial charge >= 0.3 is 12.0 Å². The van der Waals surface area contributed by atoms with E-state index < -0.39 is 11.9 Å². The van der Waals surface area contributed by atoms with Gasteiger partial charge in [-0.15, -0.1) is 0 Å². The third kappa shape index (κ3) is 4.77. The summed E-state index contributed by atoms with van der Waals surface area (Å²) in [6.45, 7) is 8.20. The highest BCUT2D eigenvalue weighted by atomic mass is 16.4. The van der Waals surface area contributed by atoms with Crippen molar-refractivity contribution in [2.45, 2.75) is 27.7 Å². The number of urea groups is 1. The van der Waals surface area contributed by atoms with Crippen LogP contribution in [0.1, 0.15) is 26.3 Å². The summed E-state index contributed by atoms with van der Waals surface area (Å²) in [4.78, 5) is 25.0. The van der Waals surface area contributed by atoms with Gasteiger partial charge in [-0.25, -0.2) is 4.79 Å². The Balaban J connectivity index is 2.71. The van der Waals surface area contributed by atoms with Crippen LogP contribution in [0.15, 0.2) is 24.3 Å². The number of carboxylic acids is 1. The molecule has 5 nitrogen and oxygen atoms in total. The van der Waals surface area contributed by atoms with E-state index in [1.807, 2.05) is 52.0 Å². The number of amides is 2. The van der Waals surface area contributed by atoms with Gasteiger partial charge < -0.3 is 10.4 Å². The lowest BCUT2D eigenvalue weighted by molar-refractivity contribution is -0.142. The first-order valence-electron chi connectivity index (χ1n) is 7.21. The van der Waals surface area contributed by atoms with E-state index in [0.29, 0.717) is 6.54 Å². The van der Waals surface area contributed by atoms with E-state index in [-0.39, 0.29) is 18.5 Å². The van der Waals surface area contributed by atoms with E-state index in [9.17, 15) is 9.59 Å². The molecule has 0 aliphatic rings.